The molecule has 31 heavy (non-hydrogen) atoms. The second-order valence-electron chi connectivity index (χ2n) is 5.41. The van der Waals surface area contributed by atoms with Crippen molar-refractivity contribution in [2.45, 2.75) is 41.8 Å². The lowest BCUT2D eigenvalue weighted by molar-refractivity contribution is 0.101. The number of carbonyl (C=O) groups excluding carboxylic acids is 1. The lowest BCUT2D eigenvalue weighted by Gasteiger charge is -1.99. The molecule has 0 radical (unpaired) electrons. The van der Waals surface area contributed by atoms with Gasteiger partial charge in [-0.1, -0.05) is 78.8 Å². The molecule has 11 nitrogen and oxygen atoms in total. The number of ketones is 1. The minimum Gasteiger partial charge on any atom is -0.411 e. The predicted octanol–water partition coefficient (Wildman–Crippen LogP) is 6.00. The Morgan fingerprint density at radius 3 is 1.48 bits per heavy atom. The van der Waals surface area contributed by atoms with E-state index in [0.29, 0.717) is 24.4 Å². The molecule has 4 N–H and O–H groups in total. The number of carbonyl (C=O) groups is 1. The van der Waals surface area contributed by atoms with Crippen molar-refractivity contribution in [2.75, 3.05) is 0 Å². The van der Waals surface area contributed by atoms with Crippen molar-refractivity contribution in [2.24, 2.45) is 21.3 Å². The summed E-state index contributed by atoms with van der Waals surface area (Å²) >= 11 is 0. The van der Waals surface area contributed by atoms with Gasteiger partial charge in [0.2, 0.25) is 0 Å². The quantitative estimate of drug-likeness (QED) is 0.0961. The molecule has 0 spiro atoms. The van der Waals surface area contributed by atoms with Crippen LogP contribution in [0, 0.1) is 0 Å². The highest BCUT2D eigenvalue weighted by atomic mass is 16.4. The molecule has 0 unspecified atom stereocenters. The number of Topliss-reactive ketones (excluding diaryl/α,β-unsaturated/α-hetero) is 1. The normalized spacial score (nSPS) is 8.84. The fraction of sp³-hybridized carbons (Fsp3) is 0.300. The van der Waals surface area contributed by atoms with Crippen molar-refractivity contribution in [3.05, 3.63) is 91.7 Å². The molecule has 11 heteroatoms. The standard InChI is InChI=1S/C9H10N4O.C9H9N3O.2CH4.H3NO/c1-7(12-14)9-4-2-8(3-5-9)6-11-13-10;1-7(13)9-4-2-8(3-5-9)6-11-12-10;;;1-2/h2-5,14H,6H2,1H3;2-5H,6H2,1H3;2*1H4;2H,1H2/b12-7+;;;;. The zero-order chi connectivity index (χ0) is 22.1. The van der Waals surface area contributed by atoms with Crippen molar-refractivity contribution in [1.82, 2.24) is 0 Å². The molecule has 168 valence electrons. The predicted molar refractivity (Wildman–Crippen MR) is 122 cm³/mol. The number of azide groups is 2. The van der Waals surface area contributed by atoms with Gasteiger partial charge < -0.3 is 10.4 Å². The topological polar surface area (TPSA) is 193 Å². The first-order valence-electron chi connectivity index (χ1n) is 8.17. The maximum Gasteiger partial charge on any atom is 0.159 e. The number of rotatable bonds is 6. The molecule has 0 amide bonds. The average Bonchev–Trinajstić information content (AvgIpc) is 2.78. The zero-order valence-corrected chi connectivity index (χ0v) is 16.0. The third-order valence-corrected chi connectivity index (χ3v) is 3.52. The summed E-state index contributed by atoms with van der Waals surface area (Å²) in [5, 5.41) is 25.0. The van der Waals surface area contributed by atoms with Gasteiger partial charge in [-0.15, -0.1) is 0 Å². The molecule has 0 heterocycles. The first-order chi connectivity index (χ1) is 14.0. The largest absolute Gasteiger partial charge is 0.411 e. The van der Waals surface area contributed by atoms with Crippen LogP contribution in [0.3, 0.4) is 0 Å². The Bertz CT molecular complexity index is 884. The molecule has 0 bridgehead atoms. The molecule has 0 aliphatic heterocycles. The summed E-state index contributed by atoms with van der Waals surface area (Å²) < 4.78 is 0. The van der Waals surface area contributed by atoms with Gasteiger partial charge in [0.05, 0.1) is 18.8 Å². The Morgan fingerprint density at radius 2 is 1.19 bits per heavy atom. The number of oxime groups is 1. The van der Waals surface area contributed by atoms with Crippen LogP contribution in [0.1, 0.15) is 55.7 Å². The molecule has 2 rings (SSSR count). The van der Waals surface area contributed by atoms with Crippen molar-refractivity contribution in [3.8, 4) is 0 Å². The molecule has 2 aromatic carbocycles. The van der Waals surface area contributed by atoms with Crippen LogP contribution in [-0.2, 0) is 13.1 Å². The number of benzene rings is 2. The van der Waals surface area contributed by atoms with Gasteiger partial charge in [0, 0.05) is 15.4 Å². The van der Waals surface area contributed by atoms with Crippen molar-refractivity contribution >= 4 is 11.5 Å². The summed E-state index contributed by atoms with van der Waals surface area (Å²) in [5.74, 6) is 3.54. The van der Waals surface area contributed by atoms with Crippen LogP contribution in [0.2, 0.25) is 0 Å². The summed E-state index contributed by atoms with van der Waals surface area (Å²) in [5.41, 5.74) is 20.1. The summed E-state index contributed by atoms with van der Waals surface area (Å²) in [4.78, 5) is 16.2. The lowest BCUT2D eigenvalue weighted by atomic mass is 10.1. The van der Waals surface area contributed by atoms with E-state index in [1.54, 1.807) is 31.2 Å². The Balaban J connectivity index is -0.000000442. The molecule has 0 aliphatic carbocycles. The molecule has 0 aliphatic rings. The minimum absolute atomic E-state index is 0. The highest BCUT2D eigenvalue weighted by Gasteiger charge is 1.98. The minimum atomic E-state index is 0. The second-order valence-corrected chi connectivity index (χ2v) is 5.41. The van der Waals surface area contributed by atoms with E-state index in [9.17, 15) is 4.79 Å². The third-order valence-electron chi connectivity index (χ3n) is 3.52. The molecular weight excluding hydrogens is 400 g/mol. The van der Waals surface area contributed by atoms with E-state index < -0.39 is 0 Å². The zero-order valence-electron chi connectivity index (χ0n) is 16.0. The van der Waals surface area contributed by atoms with Crippen LogP contribution in [0.25, 0.3) is 20.9 Å². The fourth-order valence-corrected chi connectivity index (χ4v) is 1.98. The van der Waals surface area contributed by atoms with Gasteiger partial charge in [-0.05, 0) is 41.6 Å². The van der Waals surface area contributed by atoms with E-state index in [2.05, 4.69) is 31.1 Å². The van der Waals surface area contributed by atoms with Crippen LogP contribution in [0.5, 0.6) is 0 Å². The van der Waals surface area contributed by atoms with Crippen LogP contribution < -0.4 is 5.90 Å². The molecule has 0 aromatic heterocycles. The highest BCUT2D eigenvalue weighted by Crippen LogP contribution is 2.07. The molecule has 2 aromatic rings. The number of hydrogen-bond donors (Lipinski definition) is 3. The number of nitrogens with two attached hydrogens (primary N) is 1. The summed E-state index contributed by atoms with van der Waals surface area (Å²) in [6.07, 6.45) is 0. The molecule has 0 fully saturated rings. The summed E-state index contributed by atoms with van der Waals surface area (Å²) in [7, 11) is 0. The average molecular weight is 431 g/mol. The fourth-order valence-electron chi connectivity index (χ4n) is 1.98. The number of nitrogens with zero attached hydrogens (tertiary/aromatic N) is 7. The molecular formula is C20H30N8O3. The number of hydrogen-bond acceptors (Lipinski definition) is 7. The summed E-state index contributed by atoms with van der Waals surface area (Å²) in [6, 6.07) is 14.3. The first kappa shape index (κ1) is 31.8. The van der Waals surface area contributed by atoms with E-state index in [1.165, 1.54) is 6.92 Å². The summed E-state index contributed by atoms with van der Waals surface area (Å²) in [6.45, 7) is 3.89. The van der Waals surface area contributed by atoms with Crippen LogP contribution >= 0.6 is 0 Å². The molecule has 0 saturated heterocycles. The Hall–Kier alpha value is -3.88. The van der Waals surface area contributed by atoms with Crippen LogP contribution in [-0.4, -0.2) is 21.9 Å². The van der Waals surface area contributed by atoms with E-state index >= 15 is 0 Å². The van der Waals surface area contributed by atoms with Gasteiger partial charge in [0.25, 0.3) is 0 Å². The van der Waals surface area contributed by atoms with Gasteiger partial charge in [-0.25, -0.2) is 5.90 Å². The van der Waals surface area contributed by atoms with E-state index in [1.807, 2.05) is 24.3 Å². The SMILES string of the molecule is C.C.C/C(=N\O)c1ccc(CN=[N+]=[N-])cc1.CC(=O)c1ccc(CN=[N+]=[N-])cc1.NO. The van der Waals surface area contributed by atoms with Crippen molar-refractivity contribution in [1.29, 1.82) is 0 Å². The molecule has 0 atom stereocenters. The monoisotopic (exact) mass is 430 g/mol. The lowest BCUT2D eigenvalue weighted by Crippen LogP contribution is -1.94. The smallest absolute Gasteiger partial charge is 0.159 e. The Kier molecular flexibility index (Phi) is 19.9. The van der Waals surface area contributed by atoms with Gasteiger partial charge in [0.1, 0.15) is 0 Å². The van der Waals surface area contributed by atoms with Gasteiger partial charge >= 0.3 is 0 Å². The first-order valence-corrected chi connectivity index (χ1v) is 8.17. The maximum atomic E-state index is 10.9. The van der Waals surface area contributed by atoms with Crippen LogP contribution in [0.15, 0.2) is 63.9 Å². The van der Waals surface area contributed by atoms with E-state index in [-0.39, 0.29) is 20.6 Å². The van der Waals surface area contributed by atoms with Gasteiger partial charge in [-0.3, -0.25) is 4.79 Å². The second kappa shape index (κ2) is 19.4. The van der Waals surface area contributed by atoms with E-state index in [0.717, 1.165) is 16.7 Å². The third kappa shape index (κ3) is 13.1. The van der Waals surface area contributed by atoms with Gasteiger partial charge in [0.15, 0.2) is 5.78 Å². The molecule has 0 saturated carbocycles. The van der Waals surface area contributed by atoms with Crippen molar-refractivity contribution in [3.63, 3.8) is 0 Å². The van der Waals surface area contributed by atoms with Crippen molar-refractivity contribution < 1.29 is 15.2 Å². The van der Waals surface area contributed by atoms with Crippen LogP contribution in [0.4, 0.5) is 0 Å². The van der Waals surface area contributed by atoms with E-state index in [4.69, 9.17) is 21.5 Å². The Labute approximate surface area is 182 Å². The Morgan fingerprint density at radius 1 is 0.839 bits per heavy atom. The highest BCUT2D eigenvalue weighted by molar-refractivity contribution is 5.98. The maximum absolute atomic E-state index is 10.9. The van der Waals surface area contributed by atoms with Gasteiger partial charge in [-0.2, -0.15) is 0 Å².